The Hall–Kier alpha value is -0.911. The van der Waals surface area contributed by atoms with E-state index in [1.165, 1.54) is 0 Å². The molecule has 0 nitrogen and oxygen atoms in total. The first-order valence-corrected chi connectivity index (χ1v) is 3.67. The zero-order valence-electron chi connectivity index (χ0n) is 7.73. The topological polar surface area (TPSA) is 0 Å². The molecule has 69 valence electrons. The molecule has 0 amide bonds. The maximum absolute atomic E-state index is 2.00. The Kier molecular flexibility index (Phi) is 12.5. The van der Waals surface area contributed by atoms with E-state index in [2.05, 4.69) is 0 Å². The Morgan fingerprint density at radius 2 is 0.846 bits per heavy atom. The van der Waals surface area contributed by atoms with Crippen molar-refractivity contribution in [1.29, 1.82) is 0 Å². The minimum Gasteiger partial charge on any atom is -0.358 e. The van der Waals surface area contributed by atoms with E-state index < -0.39 is 0 Å². The molecule has 13 heavy (non-hydrogen) atoms. The van der Waals surface area contributed by atoms with Crippen molar-refractivity contribution in [3.05, 3.63) is 74.2 Å². The van der Waals surface area contributed by atoms with Crippen LogP contribution in [0.4, 0.5) is 0 Å². The van der Waals surface area contributed by atoms with Gasteiger partial charge in [0.15, 0.2) is 0 Å². The molecule has 2 aromatic carbocycles. The van der Waals surface area contributed by atoms with Crippen LogP contribution in [0.3, 0.4) is 0 Å². The molecule has 1 heteroatoms. The summed E-state index contributed by atoms with van der Waals surface area (Å²) in [5, 5.41) is 0. The van der Waals surface area contributed by atoms with E-state index in [1.54, 1.807) is 0 Å². The van der Waals surface area contributed by atoms with Gasteiger partial charge in [0.1, 0.15) is 0 Å². The van der Waals surface area contributed by atoms with Crippen molar-refractivity contribution in [2.75, 3.05) is 0 Å². The summed E-state index contributed by atoms with van der Waals surface area (Å²) in [6.45, 7) is 0. The smallest absolute Gasteiger partial charge is 0.358 e. The Balaban J connectivity index is 0. The summed E-state index contributed by atoms with van der Waals surface area (Å²) in [5.74, 6) is 0. The van der Waals surface area contributed by atoms with Crippen LogP contribution in [-0.4, -0.2) is 0 Å². The number of hydrogen-bond donors (Lipinski definition) is 0. The second-order valence-electron chi connectivity index (χ2n) is 2.12. The van der Waals surface area contributed by atoms with Gasteiger partial charge in [-0.25, -0.2) is 12.1 Å². The third kappa shape index (κ3) is 9.00. The van der Waals surface area contributed by atoms with Gasteiger partial charge >= 0.3 is 17.1 Å². The number of benzene rings is 1. The fourth-order valence-corrected chi connectivity index (χ4v) is 0.706. The third-order valence-electron chi connectivity index (χ3n) is 1.22. The van der Waals surface area contributed by atoms with Gasteiger partial charge in [-0.05, 0) is 0 Å². The minimum atomic E-state index is 0. The Bertz CT molecular complexity index is 191. The maximum atomic E-state index is 2.00. The van der Waals surface area contributed by atoms with E-state index in [1.807, 2.05) is 66.7 Å². The predicted octanol–water partition coefficient (Wildman–Crippen LogP) is 3.54. The number of hydrogen-bond acceptors (Lipinski definition) is 0. The van der Waals surface area contributed by atoms with Gasteiger partial charge < -0.3 is 7.43 Å². The Morgan fingerprint density at radius 1 is 0.538 bits per heavy atom. The van der Waals surface area contributed by atoms with Gasteiger partial charge in [-0.15, -0.1) is 0 Å². The molecule has 0 heterocycles. The van der Waals surface area contributed by atoms with Crippen LogP contribution in [0.15, 0.2) is 66.7 Å². The van der Waals surface area contributed by atoms with Gasteiger partial charge in [-0.1, -0.05) is 36.4 Å². The first kappa shape index (κ1) is 14.6. The fraction of sp³-hybridized carbons (Fsp3) is 0. The van der Waals surface area contributed by atoms with Crippen LogP contribution in [0.1, 0.15) is 0 Å². The monoisotopic (exact) mass is 213 g/mol. The van der Waals surface area contributed by atoms with Gasteiger partial charge in [0.05, 0.1) is 0 Å². The fourth-order valence-electron chi connectivity index (χ4n) is 0.706. The van der Waals surface area contributed by atoms with Gasteiger partial charge in [0.2, 0.25) is 0 Å². The van der Waals surface area contributed by atoms with E-state index in [-0.39, 0.29) is 24.5 Å². The molecule has 0 spiro atoms. The molecule has 0 saturated carbocycles. The van der Waals surface area contributed by atoms with Gasteiger partial charge in [0.25, 0.3) is 0 Å². The average molecular weight is 213 g/mol. The molecule has 1 radical (unpaired) electrons. The summed E-state index contributed by atoms with van der Waals surface area (Å²) in [5.41, 5.74) is 0. The van der Waals surface area contributed by atoms with E-state index in [0.29, 0.717) is 0 Å². The minimum absolute atomic E-state index is 0. The molecule has 0 aromatic heterocycles. The molecule has 0 bridgehead atoms. The Labute approximate surface area is 91.5 Å². The zero-order valence-corrected chi connectivity index (χ0v) is 8.91. The quantitative estimate of drug-likeness (QED) is 0.463. The SMILES string of the molecule is [CH3-].[Mn+2].c1cc[cH-]c1.c1ccccc1. The summed E-state index contributed by atoms with van der Waals surface area (Å²) in [7, 11) is 0. The molecular formula is C12H14Mn. The van der Waals surface area contributed by atoms with Crippen LogP contribution in [0.5, 0.6) is 0 Å². The Morgan fingerprint density at radius 3 is 1.00 bits per heavy atom. The third-order valence-corrected chi connectivity index (χ3v) is 1.22. The molecule has 0 aliphatic carbocycles. The van der Waals surface area contributed by atoms with Crippen molar-refractivity contribution < 1.29 is 17.1 Å². The van der Waals surface area contributed by atoms with Crippen LogP contribution in [-0.2, 0) is 17.1 Å². The van der Waals surface area contributed by atoms with Gasteiger partial charge in [-0.2, -0.15) is 18.2 Å². The summed E-state index contributed by atoms with van der Waals surface area (Å²) in [4.78, 5) is 0. The second-order valence-corrected chi connectivity index (χ2v) is 2.12. The van der Waals surface area contributed by atoms with Gasteiger partial charge in [0, 0.05) is 0 Å². The zero-order chi connectivity index (χ0) is 7.78. The molecule has 0 N–H and O–H groups in total. The summed E-state index contributed by atoms with van der Waals surface area (Å²) in [6, 6.07) is 22.0. The first-order valence-electron chi connectivity index (χ1n) is 3.67. The molecule has 0 unspecified atom stereocenters. The summed E-state index contributed by atoms with van der Waals surface area (Å²) < 4.78 is 0. The summed E-state index contributed by atoms with van der Waals surface area (Å²) in [6.07, 6.45) is 0. The largest absolute Gasteiger partial charge is 2.00 e. The number of rotatable bonds is 0. The van der Waals surface area contributed by atoms with Crippen LogP contribution in [0.2, 0.25) is 0 Å². The van der Waals surface area contributed by atoms with Crippen molar-refractivity contribution in [3.8, 4) is 0 Å². The molecular weight excluding hydrogens is 199 g/mol. The van der Waals surface area contributed by atoms with E-state index in [4.69, 9.17) is 0 Å². The van der Waals surface area contributed by atoms with Crippen molar-refractivity contribution in [3.63, 3.8) is 0 Å². The maximum Gasteiger partial charge on any atom is 2.00 e. The average Bonchev–Trinajstić information content (AvgIpc) is 2.64. The standard InChI is InChI=1S/C6H6.C5H5.CH3.Mn/c1-2-4-6-5-3-1;1-2-4-5-3-1;;/h1-6H;1-5H;1H3;/q;2*-1;+2. The molecule has 2 aromatic rings. The molecule has 0 atom stereocenters. The van der Waals surface area contributed by atoms with Crippen LogP contribution < -0.4 is 0 Å². The summed E-state index contributed by atoms with van der Waals surface area (Å²) >= 11 is 0. The van der Waals surface area contributed by atoms with Crippen molar-refractivity contribution >= 4 is 0 Å². The normalized spacial score (nSPS) is 6.77. The molecule has 0 fully saturated rings. The van der Waals surface area contributed by atoms with E-state index in [0.717, 1.165) is 0 Å². The van der Waals surface area contributed by atoms with Crippen LogP contribution >= 0.6 is 0 Å². The van der Waals surface area contributed by atoms with Crippen molar-refractivity contribution in [2.24, 2.45) is 0 Å². The molecule has 0 aliphatic heterocycles. The van der Waals surface area contributed by atoms with E-state index >= 15 is 0 Å². The first-order chi connectivity index (χ1) is 5.50. The molecule has 0 aliphatic rings. The van der Waals surface area contributed by atoms with Crippen molar-refractivity contribution in [1.82, 2.24) is 0 Å². The molecule has 0 saturated heterocycles. The molecule has 2 rings (SSSR count). The van der Waals surface area contributed by atoms with Gasteiger partial charge in [-0.3, -0.25) is 0 Å². The second kappa shape index (κ2) is 11.1. The van der Waals surface area contributed by atoms with Crippen LogP contribution in [0, 0.1) is 7.43 Å². The van der Waals surface area contributed by atoms with Crippen LogP contribution in [0.25, 0.3) is 0 Å². The van der Waals surface area contributed by atoms with E-state index in [9.17, 15) is 0 Å². The van der Waals surface area contributed by atoms with Crippen molar-refractivity contribution in [2.45, 2.75) is 0 Å². The predicted molar refractivity (Wildman–Crippen MR) is 54.9 cm³/mol.